The highest BCUT2D eigenvalue weighted by Gasteiger charge is 2.43. The molecule has 2 unspecified atom stereocenters. The maximum atomic E-state index is 13.1. The average molecular weight is 378 g/mol. The molecule has 1 aliphatic carbocycles. The van der Waals surface area contributed by atoms with E-state index in [2.05, 4.69) is 21.4 Å². The van der Waals surface area contributed by atoms with Gasteiger partial charge < -0.3 is 14.6 Å². The van der Waals surface area contributed by atoms with E-state index in [4.69, 9.17) is 4.74 Å². The number of carbonyl (C=O) groups excluding carboxylic acids is 1. The predicted molar refractivity (Wildman–Crippen MR) is 106 cm³/mol. The lowest BCUT2D eigenvalue weighted by atomic mass is 10.0. The number of nitrogens with zero attached hydrogens (tertiary/aromatic N) is 3. The molecule has 7 heteroatoms. The number of alkyl halides is 1. The molecule has 28 heavy (non-hydrogen) atoms. The average Bonchev–Trinajstić information content (AvgIpc) is 3.11. The van der Waals surface area contributed by atoms with Gasteiger partial charge in [0.2, 0.25) is 5.91 Å². The Morgan fingerprint density at radius 3 is 2.89 bits per heavy atom. The summed E-state index contributed by atoms with van der Waals surface area (Å²) in [5, 5.41) is 3.65. The zero-order chi connectivity index (χ0) is 19.4. The Morgan fingerprint density at radius 1 is 1.32 bits per heavy atom. The number of benzene rings is 1. The third-order valence-electron chi connectivity index (χ3n) is 5.46. The van der Waals surface area contributed by atoms with E-state index in [1.54, 1.807) is 13.3 Å². The number of methoxy groups -OCH3 is 1. The Morgan fingerprint density at radius 2 is 2.14 bits per heavy atom. The Kier molecular flexibility index (Phi) is 3.72. The second-order valence-electron chi connectivity index (χ2n) is 7.29. The number of rotatable bonds is 4. The summed E-state index contributed by atoms with van der Waals surface area (Å²) in [6.07, 6.45) is 2.87. The van der Waals surface area contributed by atoms with Crippen molar-refractivity contribution >= 4 is 28.8 Å². The van der Waals surface area contributed by atoms with Crippen LogP contribution in [0.5, 0.6) is 5.75 Å². The lowest BCUT2D eigenvalue weighted by Gasteiger charge is -2.12. The maximum Gasteiger partial charge on any atom is 0.231 e. The summed E-state index contributed by atoms with van der Waals surface area (Å²) in [5.41, 5.74) is 5.12. The van der Waals surface area contributed by atoms with E-state index in [1.165, 1.54) is 0 Å². The third-order valence-corrected chi connectivity index (χ3v) is 5.46. The number of nitrogens with one attached hydrogen (secondary N) is 1. The highest BCUT2D eigenvalue weighted by molar-refractivity contribution is 5.97. The molecule has 0 radical (unpaired) electrons. The number of amides is 1. The molecule has 1 fully saturated rings. The van der Waals surface area contributed by atoms with Gasteiger partial charge in [-0.3, -0.25) is 9.79 Å². The molecule has 2 atom stereocenters. The number of anilines is 1. The van der Waals surface area contributed by atoms with Crippen molar-refractivity contribution < 1.29 is 13.9 Å². The van der Waals surface area contributed by atoms with E-state index in [0.29, 0.717) is 18.8 Å². The van der Waals surface area contributed by atoms with Crippen molar-refractivity contribution in [2.45, 2.75) is 19.1 Å². The van der Waals surface area contributed by atoms with Crippen molar-refractivity contribution in [1.82, 2.24) is 9.55 Å². The first-order valence-corrected chi connectivity index (χ1v) is 9.16. The number of hydrogen-bond donors (Lipinski definition) is 1. The molecular formula is C21H19FN4O2. The molecule has 3 aromatic rings. The van der Waals surface area contributed by atoms with Gasteiger partial charge in [-0.15, -0.1) is 0 Å². The number of halogens is 1. The van der Waals surface area contributed by atoms with E-state index in [0.717, 1.165) is 39.0 Å². The molecule has 1 N–H and O–H groups in total. The molecular weight excluding hydrogens is 359 g/mol. The van der Waals surface area contributed by atoms with Crippen LogP contribution in [-0.2, 0) is 18.4 Å². The molecule has 1 amide bonds. The van der Waals surface area contributed by atoms with Gasteiger partial charge in [-0.1, -0.05) is 0 Å². The van der Waals surface area contributed by atoms with Crippen molar-refractivity contribution in [2.24, 2.45) is 18.0 Å². The number of hydrogen-bond acceptors (Lipinski definition) is 4. The molecule has 3 heterocycles. The first-order chi connectivity index (χ1) is 13.5. The lowest BCUT2D eigenvalue weighted by Crippen LogP contribution is -2.15. The Balaban J connectivity index is 1.55. The van der Waals surface area contributed by atoms with E-state index < -0.39 is 12.1 Å². The van der Waals surface area contributed by atoms with Crippen LogP contribution in [0, 0.1) is 5.92 Å². The SMILES string of the molecule is COc1cc2c(cc1-c1cc3cc(NC(=O)C4CC4F)ncc3n1C)C=NC2. The van der Waals surface area contributed by atoms with E-state index in [-0.39, 0.29) is 5.91 Å². The minimum absolute atomic E-state index is 0.297. The zero-order valence-electron chi connectivity index (χ0n) is 15.6. The molecule has 6 nitrogen and oxygen atoms in total. The van der Waals surface area contributed by atoms with E-state index in [9.17, 15) is 9.18 Å². The molecule has 0 bridgehead atoms. The Hall–Kier alpha value is -3.22. The molecule has 0 saturated heterocycles. The van der Waals surface area contributed by atoms with Crippen LogP contribution in [0.3, 0.4) is 0 Å². The van der Waals surface area contributed by atoms with Crippen molar-refractivity contribution in [3.63, 3.8) is 0 Å². The van der Waals surface area contributed by atoms with Gasteiger partial charge in [-0.25, -0.2) is 9.37 Å². The maximum absolute atomic E-state index is 13.1. The summed E-state index contributed by atoms with van der Waals surface area (Å²) in [4.78, 5) is 20.6. The number of aryl methyl sites for hydroxylation is 1. The van der Waals surface area contributed by atoms with Gasteiger partial charge in [0.1, 0.15) is 17.7 Å². The summed E-state index contributed by atoms with van der Waals surface area (Å²) >= 11 is 0. The summed E-state index contributed by atoms with van der Waals surface area (Å²) in [6.45, 7) is 0.675. The molecule has 1 aromatic carbocycles. The summed E-state index contributed by atoms with van der Waals surface area (Å²) < 4.78 is 20.7. The monoisotopic (exact) mass is 378 g/mol. The minimum atomic E-state index is -1.03. The topological polar surface area (TPSA) is 68.5 Å². The fourth-order valence-corrected chi connectivity index (χ4v) is 3.72. The Labute approximate surface area is 161 Å². The van der Waals surface area contributed by atoms with Gasteiger partial charge in [0.15, 0.2) is 0 Å². The van der Waals surface area contributed by atoms with Crippen molar-refractivity contribution in [3.8, 4) is 17.0 Å². The lowest BCUT2D eigenvalue weighted by molar-refractivity contribution is -0.117. The van der Waals surface area contributed by atoms with Gasteiger partial charge in [-0.2, -0.15) is 0 Å². The summed E-state index contributed by atoms with van der Waals surface area (Å²) in [6, 6.07) is 7.97. The second-order valence-corrected chi connectivity index (χ2v) is 7.29. The normalized spacial score (nSPS) is 19.7. The number of aliphatic imine (C=N–C) groups is 1. The molecule has 142 valence electrons. The largest absolute Gasteiger partial charge is 0.496 e. The first-order valence-electron chi connectivity index (χ1n) is 9.16. The van der Waals surface area contributed by atoms with Crippen LogP contribution in [0.2, 0.25) is 0 Å². The molecule has 5 rings (SSSR count). The molecule has 1 saturated carbocycles. The fourth-order valence-electron chi connectivity index (χ4n) is 3.72. The van der Waals surface area contributed by atoms with Gasteiger partial charge in [0, 0.05) is 24.2 Å². The summed E-state index contributed by atoms with van der Waals surface area (Å²) in [7, 11) is 3.63. The van der Waals surface area contributed by atoms with Gasteiger partial charge in [0.25, 0.3) is 0 Å². The second kappa shape index (κ2) is 6.15. The molecule has 2 aliphatic rings. The van der Waals surface area contributed by atoms with Gasteiger partial charge in [-0.05, 0) is 41.8 Å². The van der Waals surface area contributed by atoms with Crippen LogP contribution in [0.4, 0.5) is 10.2 Å². The van der Waals surface area contributed by atoms with Crippen LogP contribution < -0.4 is 10.1 Å². The number of pyridine rings is 1. The highest BCUT2D eigenvalue weighted by Crippen LogP contribution is 2.37. The van der Waals surface area contributed by atoms with E-state index >= 15 is 0 Å². The number of carbonyl (C=O) groups is 1. The predicted octanol–water partition coefficient (Wildman–Crippen LogP) is 3.48. The number of aromatic nitrogens is 2. The van der Waals surface area contributed by atoms with Gasteiger partial charge >= 0.3 is 0 Å². The van der Waals surface area contributed by atoms with Crippen LogP contribution in [0.15, 0.2) is 35.5 Å². The van der Waals surface area contributed by atoms with Crippen molar-refractivity contribution in [2.75, 3.05) is 12.4 Å². The molecule has 0 spiro atoms. The number of ether oxygens (including phenoxy) is 1. The molecule has 2 aromatic heterocycles. The fraction of sp³-hybridized carbons (Fsp3) is 0.286. The third kappa shape index (κ3) is 2.66. The minimum Gasteiger partial charge on any atom is -0.496 e. The Bertz CT molecular complexity index is 1150. The van der Waals surface area contributed by atoms with Crippen LogP contribution in [0.25, 0.3) is 22.2 Å². The van der Waals surface area contributed by atoms with Crippen LogP contribution in [0.1, 0.15) is 17.5 Å². The quantitative estimate of drug-likeness (QED) is 0.756. The zero-order valence-corrected chi connectivity index (χ0v) is 15.6. The molecule has 1 aliphatic heterocycles. The first kappa shape index (κ1) is 16.9. The van der Waals surface area contributed by atoms with Crippen molar-refractivity contribution in [1.29, 1.82) is 0 Å². The standard InChI is InChI=1S/C21H19FN4O2/c1-26-17(15-3-12-8-23-9-13(12)5-19(15)28-2)4-11-6-20(24-10-18(11)26)25-21(27)14-7-16(14)22/h3-6,8,10,14,16H,7,9H2,1-2H3,(H,24,25,27). The summed E-state index contributed by atoms with van der Waals surface area (Å²) in [5.74, 6) is 0.373. The van der Waals surface area contributed by atoms with E-state index in [1.807, 2.05) is 36.0 Å². The highest BCUT2D eigenvalue weighted by atomic mass is 19.1. The van der Waals surface area contributed by atoms with Crippen LogP contribution >= 0.6 is 0 Å². The van der Waals surface area contributed by atoms with Crippen LogP contribution in [-0.4, -0.2) is 35.0 Å². The smallest absolute Gasteiger partial charge is 0.231 e. The van der Waals surface area contributed by atoms with Crippen molar-refractivity contribution in [3.05, 3.63) is 41.6 Å². The van der Waals surface area contributed by atoms with Gasteiger partial charge in [0.05, 0.1) is 37.0 Å². The number of fused-ring (bicyclic) bond motifs is 2.